The minimum atomic E-state index is -0.960. The number of carbonyl (C=O) groups is 4. The first kappa shape index (κ1) is 49.0. The molecule has 1 unspecified atom stereocenters. The van der Waals surface area contributed by atoms with Crippen LogP contribution in [0.3, 0.4) is 0 Å². The van der Waals surface area contributed by atoms with E-state index in [1.54, 1.807) is 44.8 Å². The third-order valence-electron chi connectivity index (χ3n) is 11.3. The summed E-state index contributed by atoms with van der Waals surface area (Å²) < 4.78 is 17.3. The Labute approximate surface area is 395 Å². The highest BCUT2D eigenvalue weighted by molar-refractivity contribution is 7.81. The molecule has 2 aliphatic rings. The van der Waals surface area contributed by atoms with Gasteiger partial charge in [0.05, 0.1) is 33.3 Å². The molecule has 344 valence electrons. The summed E-state index contributed by atoms with van der Waals surface area (Å²) in [7, 11) is 0. The average molecular weight is 943 g/mol. The predicted molar refractivity (Wildman–Crippen MR) is 256 cm³/mol. The number of amides is 4. The Morgan fingerprint density at radius 2 is 1.68 bits per heavy atom. The lowest BCUT2D eigenvalue weighted by Gasteiger charge is -2.35. The van der Waals surface area contributed by atoms with Crippen molar-refractivity contribution in [1.29, 1.82) is 5.26 Å². The summed E-state index contributed by atoms with van der Waals surface area (Å²) in [5.74, 6) is -0.408. The van der Waals surface area contributed by atoms with Crippen LogP contribution in [0.15, 0.2) is 78.4 Å². The van der Waals surface area contributed by atoms with Gasteiger partial charge in [-0.2, -0.15) is 5.26 Å². The lowest BCUT2D eigenvalue weighted by molar-refractivity contribution is -0.144. The molecule has 6 rings (SSSR count). The summed E-state index contributed by atoms with van der Waals surface area (Å²) >= 11 is 13.6. The first-order valence-corrected chi connectivity index (χ1v) is 23.4. The van der Waals surface area contributed by atoms with Gasteiger partial charge in [0.25, 0.3) is 5.91 Å². The number of nitriles is 1. The van der Waals surface area contributed by atoms with E-state index in [9.17, 15) is 24.4 Å². The fourth-order valence-corrected chi connectivity index (χ4v) is 9.05. The van der Waals surface area contributed by atoms with Crippen LogP contribution in [-0.4, -0.2) is 95.8 Å². The highest BCUT2D eigenvalue weighted by Crippen LogP contribution is 2.38. The van der Waals surface area contributed by atoms with Crippen LogP contribution in [0.5, 0.6) is 5.75 Å². The van der Waals surface area contributed by atoms with Crippen LogP contribution in [0.25, 0.3) is 10.4 Å². The number of thiocarbonyl (C=S) groups is 1. The molecular formula is C48H56ClN7O7S2. The van der Waals surface area contributed by atoms with Crippen LogP contribution in [0.1, 0.15) is 77.8 Å². The van der Waals surface area contributed by atoms with E-state index < -0.39 is 28.9 Å². The number of carbonyl (C=O) groups excluding carboxylic acids is 4. The van der Waals surface area contributed by atoms with Gasteiger partial charge in [0.15, 0.2) is 5.11 Å². The number of unbranched alkanes of at least 4 members (excludes halogenated alkanes) is 1. The van der Waals surface area contributed by atoms with E-state index in [0.717, 1.165) is 34.5 Å². The van der Waals surface area contributed by atoms with E-state index >= 15 is 0 Å². The highest BCUT2D eigenvalue weighted by atomic mass is 35.5. The third-order valence-corrected chi connectivity index (χ3v) is 12.8. The lowest BCUT2D eigenvalue weighted by Crippen LogP contribution is -2.58. The van der Waals surface area contributed by atoms with Gasteiger partial charge < -0.3 is 34.6 Å². The van der Waals surface area contributed by atoms with Gasteiger partial charge in [-0.15, -0.1) is 11.3 Å². The Balaban J connectivity index is 0.844. The normalized spacial score (nSPS) is 16.4. The van der Waals surface area contributed by atoms with Gasteiger partial charge in [-0.25, -0.2) is 0 Å². The van der Waals surface area contributed by atoms with Crippen molar-refractivity contribution < 1.29 is 33.4 Å². The predicted octanol–water partition coefficient (Wildman–Crippen LogP) is 7.67. The van der Waals surface area contributed by atoms with Crippen molar-refractivity contribution in [1.82, 2.24) is 20.5 Å². The number of nitrogens with one attached hydrogen (secondary N) is 2. The van der Waals surface area contributed by atoms with Crippen LogP contribution >= 0.6 is 35.2 Å². The van der Waals surface area contributed by atoms with E-state index in [0.29, 0.717) is 80.9 Å². The molecule has 4 amide bonds. The van der Waals surface area contributed by atoms with E-state index in [1.165, 1.54) is 4.90 Å². The summed E-state index contributed by atoms with van der Waals surface area (Å²) in [5, 5.41) is 15.7. The van der Waals surface area contributed by atoms with Crippen molar-refractivity contribution in [3.05, 3.63) is 94.6 Å². The second-order valence-electron chi connectivity index (χ2n) is 17.5. The lowest BCUT2D eigenvalue weighted by atomic mass is 9.85. The maximum Gasteiger partial charge on any atom is 0.259 e. The number of ether oxygens (including phenoxy) is 3. The van der Waals surface area contributed by atoms with Crippen molar-refractivity contribution in [2.75, 3.05) is 49.4 Å². The van der Waals surface area contributed by atoms with E-state index in [1.807, 2.05) is 95.4 Å². The van der Waals surface area contributed by atoms with Gasteiger partial charge in [0, 0.05) is 44.8 Å². The third kappa shape index (κ3) is 12.3. The molecule has 4 aromatic rings. The molecule has 0 spiro atoms. The highest BCUT2D eigenvalue weighted by Gasteiger charge is 2.50. The minimum Gasteiger partial charge on any atom is -0.494 e. The molecule has 0 bridgehead atoms. The number of thiazole rings is 1. The maximum absolute atomic E-state index is 13.9. The summed E-state index contributed by atoms with van der Waals surface area (Å²) in [4.78, 5) is 63.7. The fourth-order valence-electron chi connectivity index (χ4n) is 7.68. The zero-order valence-corrected chi connectivity index (χ0v) is 39.8. The van der Waals surface area contributed by atoms with E-state index in [2.05, 4.69) is 15.6 Å². The van der Waals surface area contributed by atoms with Gasteiger partial charge in [-0.1, -0.05) is 56.6 Å². The Morgan fingerprint density at radius 3 is 2.35 bits per heavy atom. The topological polar surface area (TPSA) is 166 Å². The molecule has 3 aromatic carbocycles. The number of nitrogens with zero attached hydrogens (tertiary/aromatic N) is 5. The Hall–Kier alpha value is -5.44. The van der Waals surface area contributed by atoms with Crippen molar-refractivity contribution >= 4 is 75.3 Å². The fraction of sp³-hybridized carbons (Fsp3) is 0.438. The SMILES string of the molecule is CC(C)(C)C(NC(=O)COCCCOCCCCOc1ccc(N2C(=S)N(c3ccc(C#N)c(Cl)c3)C(=O)C2(C)C)cc1)C(=O)N1CCC[C@H]1C(=O)NCc1ccc(-c2cncs2)cc1. The van der Waals surface area contributed by atoms with Crippen LogP contribution in [-0.2, 0) is 35.2 Å². The second-order valence-corrected chi connectivity index (χ2v) is 19.2. The minimum absolute atomic E-state index is 0.198. The Kier molecular flexibility index (Phi) is 16.7. The number of anilines is 2. The monoisotopic (exact) mass is 941 g/mol. The Bertz CT molecular complexity index is 2350. The molecule has 17 heteroatoms. The molecule has 0 saturated carbocycles. The van der Waals surface area contributed by atoms with Gasteiger partial charge in [0.1, 0.15) is 36.0 Å². The van der Waals surface area contributed by atoms with E-state index in [4.69, 9.17) is 38.0 Å². The first-order chi connectivity index (χ1) is 31.1. The number of rotatable bonds is 20. The molecule has 3 heterocycles. The van der Waals surface area contributed by atoms with E-state index in [-0.39, 0.29) is 29.4 Å². The van der Waals surface area contributed by atoms with Crippen LogP contribution in [0, 0.1) is 16.7 Å². The zero-order chi connectivity index (χ0) is 46.7. The van der Waals surface area contributed by atoms with Gasteiger partial charge in [-0.3, -0.25) is 29.1 Å². The molecule has 14 nitrogen and oxygen atoms in total. The molecule has 2 aliphatic heterocycles. The Morgan fingerprint density at radius 1 is 0.985 bits per heavy atom. The molecule has 0 radical (unpaired) electrons. The van der Waals surface area contributed by atoms with Crippen molar-refractivity contribution in [2.24, 2.45) is 5.41 Å². The largest absolute Gasteiger partial charge is 0.494 e. The smallest absolute Gasteiger partial charge is 0.259 e. The molecule has 2 N–H and O–H groups in total. The summed E-state index contributed by atoms with van der Waals surface area (Å²) in [6.07, 6.45) is 5.25. The summed E-state index contributed by atoms with van der Waals surface area (Å²) in [6.45, 7) is 11.7. The maximum atomic E-state index is 13.9. The molecule has 2 saturated heterocycles. The van der Waals surface area contributed by atoms with Crippen molar-refractivity contribution in [2.45, 2.75) is 90.9 Å². The van der Waals surface area contributed by atoms with Gasteiger partial charge in [0.2, 0.25) is 17.7 Å². The van der Waals surface area contributed by atoms with Gasteiger partial charge >= 0.3 is 0 Å². The standard InChI is InChI=1S/C48H56ClN7O7S2/c1-47(2,3)42(44(59)54-21-8-10-39(54)43(58)52-28-32-11-13-33(14-12-32)40-29-51-31-65-40)53-41(57)30-62-24-9-23-61-22-6-7-25-63-37-19-17-35(18-20-37)56-46(64)55(45(60)48(56,4)5)36-16-15-34(27-50)38(49)26-36/h11-20,26,29,31,39,42H,6-10,21-25,28,30H2,1-5H3,(H,52,58)(H,53,57)/t39-,42?/m0/s1. The summed E-state index contributed by atoms with van der Waals surface area (Å²) in [5.41, 5.74) is 3.80. The number of aromatic nitrogens is 1. The average Bonchev–Trinajstić information content (AvgIpc) is 4.04. The van der Waals surface area contributed by atoms with Crippen LogP contribution in [0.4, 0.5) is 11.4 Å². The molecular weight excluding hydrogens is 886 g/mol. The van der Waals surface area contributed by atoms with Crippen molar-refractivity contribution in [3.8, 4) is 22.3 Å². The molecule has 1 aromatic heterocycles. The number of hydrogen-bond acceptors (Lipinski definition) is 11. The molecule has 0 aliphatic carbocycles. The van der Waals surface area contributed by atoms with Crippen molar-refractivity contribution in [3.63, 3.8) is 0 Å². The molecule has 2 fully saturated rings. The number of benzene rings is 3. The number of halogens is 1. The molecule has 65 heavy (non-hydrogen) atoms. The number of hydrogen-bond donors (Lipinski definition) is 2. The van der Waals surface area contributed by atoms with Crippen LogP contribution < -0.4 is 25.2 Å². The van der Waals surface area contributed by atoms with Gasteiger partial charge in [-0.05, 0) is 117 Å². The number of likely N-dealkylation sites (tertiary alicyclic amines) is 1. The molecule has 2 atom stereocenters. The second kappa shape index (κ2) is 22.2. The zero-order valence-electron chi connectivity index (χ0n) is 37.4. The van der Waals surface area contributed by atoms with Crippen LogP contribution in [0.2, 0.25) is 5.02 Å². The first-order valence-electron chi connectivity index (χ1n) is 21.7. The quantitative estimate of drug-likeness (QED) is 0.0660. The summed E-state index contributed by atoms with van der Waals surface area (Å²) in [6, 6.07) is 20.8.